The first-order chi connectivity index (χ1) is 11.9. The summed E-state index contributed by atoms with van der Waals surface area (Å²) < 4.78 is 33.5. The van der Waals surface area contributed by atoms with Gasteiger partial charge < -0.3 is 14.9 Å². The Morgan fingerprint density at radius 1 is 1.24 bits per heavy atom. The summed E-state index contributed by atoms with van der Waals surface area (Å²) in [6.45, 7) is 0.393. The van der Waals surface area contributed by atoms with Crippen molar-refractivity contribution in [2.45, 2.75) is 11.4 Å². The summed E-state index contributed by atoms with van der Waals surface area (Å²) >= 11 is 0. The molecule has 2 heterocycles. The minimum Gasteiger partial charge on any atom is -0.444 e. The van der Waals surface area contributed by atoms with Gasteiger partial charge in [0.15, 0.2) is 0 Å². The van der Waals surface area contributed by atoms with E-state index < -0.39 is 14.9 Å². The number of aromatic nitrogens is 2. The van der Waals surface area contributed by atoms with E-state index in [1.165, 1.54) is 39.3 Å². The van der Waals surface area contributed by atoms with E-state index in [0.29, 0.717) is 5.56 Å². The van der Waals surface area contributed by atoms with E-state index in [2.05, 4.69) is 4.98 Å². The van der Waals surface area contributed by atoms with Gasteiger partial charge in [0.1, 0.15) is 12.8 Å². The lowest BCUT2D eigenvalue weighted by molar-refractivity contribution is -0.389. The third kappa shape index (κ3) is 3.30. The number of nitro groups is 1. The minimum atomic E-state index is -3.76. The molecule has 1 aliphatic heterocycles. The molecule has 0 radical (unpaired) electrons. The molecule has 0 amide bonds. The van der Waals surface area contributed by atoms with Crippen molar-refractivity contribution in [2.75, 3.05) is 19.7 Å². The molecule has 0 saturated heterocycles. The lowest BCUT2D eigenvalue weighted by Crippen LogP contribution is -2.38. The molecule has 1 aliphatic rings. The largest absolute Gasteiger partial charge is 0.444 e. The molecule has 11 heteroatoms. The number of fused-ring (bicyclic) bond motifs is 1. The molecule has 0 fully saturated rings. The molecule has 0 spiro atoms. The van der Waals surface area contributed by atoms with E-state index in [0.717, 1.165) is 0 Å². The summed E-state index contributed by atoms with van der Waals surface area (Å²) in [6.07, 6.45) is 1.22. The molecule has 0 unspecified atom stereocenters. The zero-order chi connectivity index (χ0) is 18.0. The predicted octanol–water partition coefficient (Wildman–Crippen LogP) is 0.746. The van der Waals surface area contributed by atoms with Crippen LogP contribution in [0.1, 0.15) is 5.56 Å². The highest BCUT2D eigenvalue weighted by atomic mass is 32.2. The topological polar surface area (TPSA) is 131 Å². The van der Waals surface area contributed by atoms with Gasteiger partial charge in [-0.3, -0.25) is 4.57 Å². The van der Waals surface area contributed by atoms with Crippen molar-refractivity contribution in [3.8, 4) is 12.1 Å². The van der Waals surface area contributed by atoms with Gasteiger partial charge in [-0.15, -0.1) is 0 Å². The SMILES string of the molecule is N#Cc1ccc(S(=O)(=O)N2CCOc3nc([N+](=O)[O-])cn3CC2)cc1. The number of nitrogens with zero attached hydrogens (tertiary/aromatic N) is 5. The van der Waals surface area contributed by atoms with Crippen LogP contribution in [-0.2, 0) is 16.6 Å². The van der Waals surface area contributed by atoms with Gasteiger partial charge in [-0.05, 0) is 29.2 Å². The molecule has 10 nitrogen and oxygen atoms in total. The molecule has 2 aromatic rings. The van der Waals surface area contributed by atoms with Crippen molar-refractivity contribution in [1.82, 2.24) is 13.9 Å². The van der Waals surface area contributed by atoms with Crippen molar-refractivity contribution in [3.05, 3.63) is 46.1 Å². The van der Waals surface area contributed by atoms with Crippen LogP contribution in [0, 0.1) is 21.4 Å². The van der Waals surface area contributed by atoms with Crippen molar-refractivity contribution in [2.24, 2.45) is 0 Å². The highest BCUT2D eigenvalue weighted by Gasteiger charge is 2.28. The van der Waals surface area contributed by atoms with Crippen LogP contribution in [0.15, 0.2) is 35.4 Å². The first-order valence-electron chi connectivity index (χ1n) is 7.26. The summed E-state index contributed by atoms with van der Waals surface area (Å²) in [5, 5.41) is 19.6. The van der Waals surface area contributed by atoms with Crippen LogP contribution in [0.25, 0.3) is 0 Å². The van der Waals surface area contributed by atoms with Crippen LogP contribution in [0.5, 0.6) is 6.01 Å². The summed E-state index contributed by atoms with van der Waals surface area (Å²) in [6, 6.07) is 7.65. The van der Waals surface area contributed by atoms with Gasteiger partial charge in [0, 0.05) is 24.6 Å². The van der Waals surface area contributed by atoms with Gasteiger partial charge in [0.2, 0.25) is 10.0 Å². The molecule has 1 aromatic carbocycles. The fourth-order valence-electron chi connectivity index (χ4n) is 2.41. The molecular formula is C14H13N5O5S. The van der Waals surface area contributed by atoms with Crippen molar-refractivity contribution in [1.29, 1.82) is 5.26 Å². The van der Waals surface area contributed by atoms with Crippen LogP contribution in [-0.4, -0.2) is 46.9 Å². The van der Waals surface area contributed by atoms with Crippen LogP contribution in [0.2, 0.25) is 0 Å². The summed E-state index contributed by atoms with van der Waals surface area (Å²) in [5.41, 5.74) is 0.366. The Hall–Kier alpha value is -2.97. The van der Waals surface area contributed by atoms with Gasteiger partial charge >= 0.3 is 11.8 Å². The number of hydrogen-bond donors (Lipinski definition) is 0. The van der Waals surface area contributed by atoms with E-state index >= 15 is 0 Å². The number of benzene rings is 1. The van der Waals surface area contributed by atoms with E-state index in [1.54, 1.807) is 0 Å². The van der Waals surface area contributed by atoms with Gasteiger partial charge in [0.25, 0.3) is 0 Å². The monoisotopic (exact) mass is 363 g/mol. The standard InChI is InChI=1S/C14H13N5O5S/c15-9-11-1-3-12(4-2-11)25(22,23)18-6-5-17-10-13(19(20)21)16-14(17)24-8-7-18/h1-4,10H,5-8H2. The number of ether oxygens (including phenoxy) is 1. The molecule has 1 aromatic heterocycles. The normalized spacial score (nSPS) is 15.3. The smallest absolute Gasteiger partial charge is 0.414 e. The van der Waals surface area contributed by atoms with Gasteiger partial charge in [-0.25, -0.2) is 8.42 Å². The average Bonchev–Trinajstić information content (AvgIpc) is 2.97. The first-order valence-corrected chi connectivity index (χ1v) is 8.70. The third-order valence-electron chi connectivity index (χ3n) is 3.70. The maximum atomic E-state index is 12.7. The van der Waals surface area contributed by atoms with E-state index in [1.807, 2.05) is 6.07 Å². The van der Waals surface area contributed by atoms with Crippen molar-refractivity contribution >= 4 is 15.8 Å². The Kier molecular flexibility index (Phi) is 4.39. The van der Waals surface area contributed by atoms with Gasteiger partial charge in [-0.2, -0.15) is 9.57 Å². The second-order valence-corrected chi connectivity index (χ2v) is 7.16. The van der Waals surface area contributed by atoms with Gasteiger partial charge in [-0.1, -0.05) is 0 Å². The third-order valence-corrected chi connectivity index (χ3v) is 5.61. The zero-order valence-electron chi connectivity index (χ0n) is 12.9. The van der Waals surface area contributed by atoms with Crippen LogP contribution < -0.4 is 4.74 Å². The zero-order valence-corrected chi connectivity index (χ0v) is 13.7. The molecule has 25 heavy (non-hydrogen) atoms. The number of hydrogen-bond acceptors (Lipinski definition) is 7. The molecule has 130 valence electrons. The second kappa shape index (κ2) is 6.50. The van der Waals surface area contributed by atoms with Crippen molar-refractivity contribution in [3.63, 3.8) is 0 Å². The van der Waals surface area contributed by atoms with E-state index in [9.17, 15) is 18.5 Å². The van der Waals surface area contributed by atoms with Crippen LogP contribution in [0.4, 0.5) is 5.82 Å². The maximum Gasteiger partial charge on any atom is 0.414 e. The molecule has 0 aliphatic carbocycles. The molecule has 0 N–H and O–H groups in total. The second-order valence-electron chi connectivity index (χ2n) is 5.22. The Balaban J connectivity index is 1.83. The van der Waals surface area contributed by atoms with E-state index in [-0.39, 0.29) is 43.0 Å². The lowest BCUT2D eigenvalue weighted by atomic mass is 10.2. The van der Waals surface area contributed by atoms with E-state index in [4.69, 9.17) is 10.00 Å². The maximum absolute atomic E-state index is 12.7. The Morgan fingerprint density at radius 2 is 1.96 bits per heavy atom. The molecule has 0 bridgehead atoms. The lowest BCUT2D eigenvalue weighted by Gasteiger charge is -2.24. The molecule has 3 rings (SSSR count). The van der Waals surface area contributed by atoms with Gasteiger partial charge in [0.05, 0.1) is 16.5 Å². The minimum absolute atomic E-state index is 0.0175. The number of rotatable bonds is 3. The molecular weight excluding hydrogens is 350 g/mol. The number of nitriles is 1. The average molecular weight is 363 g/mol. The summed E-state index contributed by atoms with van der Waals surface area (Å²) in [7, 11) is -3.76. The quantitative estimate of drug-likeness (QED) is 0.580. The predicted molar refractivity (Wildman–Crippen MR) is 84.3 cm³/mol. The summed E-state index contributed by atoms with van der Waals surface area (Å²) in [5.74, 6) is -0.349. The highest BCUT2D eigenvalue weighted by molar-refractivity contribution is 7.89. The molecule has 0 saturated carbocycles. The fraction of sp³-hybridized carbons (Fsp3) is 0.286. The molecule has 0 atom stereocenters. The van der Waals surface area contributed by atoms with Crippen molar-refractivity contribution < 1.29 is 18.1 Å². The van der Waals surface area contributed by atoms with Crippen LogP contribution >= 0.6 is 0 Å². The number of sulfonamides is 1. The Bertz CT molecular complexity index is 945. The highest BCUT2D eigenvalue weighted by Crippen LogP contribution is 2.22. The first kappa shape index (κ1) is 16.9. The number of imidazole rings is 1. The Labute approximate surface area is 143 Å². The fourth-order valence-corrected chi connectivity index (χ4v) is 3.82. The summed E-state index contributed by atoms with van der Waals surface area (Å²) in [4.78, 5) is 14.0. The van der Waals surface area contributed by atoms with Crippen LogP contribution in [0.3, 0.4) is 0 Å². The Morgan fingerprint density at radius 3 is 2.60 bits per heavy atom.